The molecule has 0 fully saturated rings. The Kier molecular flexibility index (Phi) is 4.69. The fourth-order valence-corrected chi connectivity index (χ4v) is 3.34. The van der Waals surface area contributed by atoms with Crippen LogP contribution in [0.3, 0.4) is 0 Å². The third kappa shape index (κ3) is 3.55. The Morgan fingerprint density at radius 1 is 1.35 bits per heavy atom. The summed E-state index contributed by atoms with van der Waals surface area (Å²) in [5, 5.41) is 9.38. The van der Waals surface area contributed by atoms with Gasteiger partial charge in [-0.3, -0.25) is 4.90 Å². The minimum Gasteiger partial charge on any atom is -0.478 e. The van der Waals surface area contributed by atoms with E-state index in [9.17, 15) is 9.90 Å². The van der Waals surface area contributed by atoms with Gasteiger partial charge >= 0.3 is 5.97 Å². The summed E-state index contributed by atoms with van der Waals surface area (Å²) in [6, 6.07) is 7.03. The molecule has 1 aliphatic rings. The average Bonchev–Trinajstić information content (AvgIpc) is 2.91. The summed E-state index contributed by atoms with van der Waals surface area (Å²) in [5.41, 5.74) is 12.9. The van der Waals surface area contributed by atoms with Crippen LogP contribution in [0.15, 0.2) is 24.3 Å². The van der Waals surface area contributed by atoms with Gasteiger partial charge in [0, 0.05) is 19.5 Å². The zero-order valence-corrected chi connectivity index (χ0v) is 14.9. The predicted molar refractivity (Wildman–Crippen MR) is 97.9 cm³/mol. The van der Waals surface area contributed by atoms with Gasteiger partial charge in [0.15, 0.2) is 0 Å². The number of aromatic carboxylic acids is 1. The normalized spacial score (nSPS) is 18.6. The molecule has 26 heavy (non-hydrogen) atoms. The number of carboxylic acids is 1. The van der Waals surface area contributed by atoms with Gasteiger partial charge in [-0.2, -0.15) is 9.97 Å². The molecule has 0 spiro atoms. The standard InChI is InChI=1S/C18H23N5O3/c1-3-23(9-11-6-4-5-7-12(11)16(24)25)10-18(2)8-13-14(19)21-17(20)22-15(13)26-18/h4-7H,3,8-10H2,1-2H3,(H,24,25)(H4,19,20,21,22)/t18-/m0/s1. The van der Waals surface area contributed by atoms with E-state index in [2.05, 4.69) is 14.9 Å². The molecule has 3 rings (SSSR count). The molecule has 2 aromatic rings. The number of anilines is 2. The second kappa shape index (κ2) is 6.80. The molecule has 1 aliphatic heterocycles. The molecule has 1 aromatic carbocycles. The lowest BCUT2D eigenvalue weighted by atomic mass is 9.98. The van der Waals surface area contributed by atoms with Crippen molar-refractivity contribution in [2.75, 3.05) is 24.6 Å². The first-order valence-corrected chi connectivity index (χ1v) is 8.46. The number of carbonyl (C=O) groups is 1. The summed E-state index contributed by atoms with van der Waals surface area (Å²) >= 11 is 0. The second-order valence-corrected chi connectivity index (χ2v) is 6.75. The summed E-state index contributed by atoms with van der Waals surface area (Å²) in [6.07, 6.45) is 0.575. The van der Waals surface area contributed by atoms with Crippen molar-refractivity contribution in [2.45, 2.75) is 32.4 Å². The van der Waals surface area contributed by atoms with Gasteiger partial charge < -0.3 is 21.3 Å². The third-order valence-electron chi connectivity index (χ3n) is 4.56. The van der Waals surface area contributed by atoms with E-state index in [0.29, 0.717) is 36.8 Å². The number of nitrogens with two attached hydrogens (primary N) is 2. The molecule has 0 radical (unpaired) electrons. The predicted octanol–water partition coefficient (Wildman–Crippen LogP) is 1.55. The number of nitrogens with zero attached hydrogens (tertiary/aromatic N) is 3. The lowest BCUT2D eigenvalue weighted by molar-refractivity contribution is 0.0586. The average molecular weight is 357 g/mol. The van der Waals surface area contributed by atoms with Crippen LogP contribution in [0.4, 0.5) is 11.8 Å². The van der Waals surface area contributed by atoms with E-state index in [4.69, 9.17) is 16.2 Å². The van der Waals surface area contributed by atoms with Gasteiger partial charge in [-0.15, -0.1) is 0 Å². The van der Waals surface area contributed by atoms with Gasteiger partial charge in [0.05, 0.1) is 11.1 Å². The molecule has 0 unspecified atom stereocenters. The molecule has 1 atom stereocenters. The van der Waals surface area contributed by atoms with Crippen LogP contribution in [-0.2, 0) is 13.0 Å². The van der Waals surface area contributed by atoms with Gasteiger partial charge in [0.2, 0.25) is 11.8 Å². The molecule has 0 saturated heterocycles. The smallest absolute Gasteiger partial charge is 0.336 e. The molecule has 0 amide bonds. The number of rotatable bonds is 6. The van der Waals surface area contributed by atoms with E-state index in [1.54, 1.807) is 12.1 Å². The first-order chi connectivity index (χ1) is 12.3. The number of nitrogen functional groups attached to an aromatic ring is 2. The summed E-state index contributed by atoms with van der Waals surface area (Å²) in [6.45, 7) is 5.86. The SMILES string of the molecule is CCN(Cc1ccccc1C(=O)O)C[C@]1(C)Cc2c(N)nc(N)nc2O1. The zero-order chi connectivity index (χ0) is 18.9. The molecule has 8 nitrogen and oxygen atoms in total. The Labute approximate surface area is 151 Å². The minimum absolute atomic E-state index is 0.0910. The van der Waals surface area contributed by atoms with E-state index >= 15 is 0 Å². The van der Waals surface area contributed by atoms with Crippen molar-refractivity contribution in [3.8, 4) is 5.88 Å². The molecule has 0 aliphatic carbocycles. The Morgan fingerprint density at radius 3 is 2.77 bits per heavy atom. The minimum atomic E-state index is -0.925. The number of ether oxygens (including phenoxy) is 1. The van der Waals surface area contributed by atoms with Crippen molar-refractivity contribution >= 4 is 17.7 Å². The van der Waals surface area contributed by atoms with Crippen molar-refractivity contribution in [1.29, 1.82) is 0 Å². The Balaban J connectivity index is 1.77. The topological polar surface area (TPSA) is 128 Å². The number of likely N-dealkylation sites (N-methyl/N-ethyl adjacent to an activating group) is 1. The highest BCUT2D eigenvalue weighted by molar-refractivity contribution is 5.89. The highest BCUT2D eigenvalue weighted by Gasteiger charge is 2.39. The van der Waals surface area contributed by atoms with Crippen molar-refractivity contribution < 1.29 is 14.6 Å². The van der Waals surface area contributed by atoms with Gasteiger partial charge in [0.25, 0.3) is 0 Å². The number of hydrogen-bond acceptors (Lipinski definition) is 7. The first kappa shape index (κ1) is 17.9. The van der Waals surface area contributed by atoms with Crippen LogP contribution in [0.1, 0.15) is 35.3 Å². The zero-order valence-electron chi connectivity index (χ0n) is 14.9. The van der Waals surface area contributed by atoms with Crippen LogP contribution in [0, 0.1) is 0 Å². The van der Waals surface area contributed by atoms with E-state index in [1.165, 1.54) is 0 Å². The van der Waals surface area contributed by atoms with Crippen LogP contribution in [0.2, 0.25) is 0 Å². The highest BCUT2D eigenvalue weighted by Crippen LogP contribution is 2.37. The molecule has 0 bridgehead atoms. The molecule has 2 heterocycles. The fraction of sp³-hybridized carbons (Fsp3) is 0.389. The quantitative estimate of drug-likeness (QED) is 0.710. The summed E-state index contributed by atoms with van der Waals surface area (Å²) in [4.78, 5) is 21.7. The van der Waals surface area contributed by atoms with Crippen molar-refractivity contribution in [3.05, 3.63) is 41.0 Å². The summed E-state index contributed by atoms with van der Waals surface area (Å²) < 4.78 is 6.03. The number of aromatic nitrogens is 2. The lowest BCUT2D eigenvalue weighted by Crippen LogP contribution is -2.44. The Morgan fingerprint density at radius 2 is 2.08 bits per heavy atom. The molecule has 138 valence electrons. The van der Waals surface area contributed by atoms with Gasteiger partial charge in [0.1, 0.15) is 11.4 Å². The van der Waals surface area contributed by atoms with Crippen LogP contribution < -0.4 is 16.2 Å². The molecule has 0 saturated carbocycles. The monoisotopic (exact) mass is 357 g/mol. The highest BCUT2D eigenvalue weighted by atomic mass is 16.5. The van der Waals surface area contributed by atoms with E-state index in [0.717, 1.165) is 17.7 Å². The summed E-state index contributed by atoms with van der Waals surface area (Å²) in [7, 11) is 0. The molecular weight excluding hydrogens is 334 g/mol. The fourth-order valence-electron chi connectivity index (χ4n) is 3.34. The number of carboxylic acid groups (broad SMARTS) is 1. The van der Waals surface area contributed by atoms with E-state index in [-0.39, 0.29) is 5.95 Å². The third-order valence-corrected chi connectivity index (χ3v) is 4.56. The largest absolute Gasteiger partial charge is 0.478 e. The van der Waals surface area contributed by atoms with Crippen molar-refractivity contribution in [2.24, 2.45) is 0 Å². The number of fused-ring (bicyclic) bond motifs is 1. The van der Waals surface area contributed by atoms with Gasteiger partial charge in [-0.1, -0.05) is 25.1 Å². The van der Waals surface area contributed by atoms with Crippen molar-refractivity contribution in [1.82, 2.24) is 14.9 Å². The maximum Gasteiger partial charge on any atom is 0.336 e. The maximum absolute atomic E-state index is 11.4. The van der Waals surface area contributed by atoms with Crippen LogP contribution in [0.25, 0.3) is 0 Å². The summed E-state index contributed by atoms with van der Waals surface area (Å²) in [5.74, 6) is -0.0610. The molecule has 5 N–H and O–H groups in total. The number of benzene rings is 1. The van der Waals surface area contributed by atoms with Gasteiger partial charge in [-0.25, -0.2) is 4.79 Å². The number of hydrogen-bond donors (Lipinski definition) is 3. The Hall–Kier alpha value is -2.87. The van der Waals surface area contributed by atoms with Crippen LogP contribution in [0.5, 0.6) is 5.88 Å². The van der Waals surface area contributed by atoms with Gasteiger partial charge in [-0.05, 0) is 25.1 Å². The molecular formula is C18H23N5O3. The van der Waals surface area contributed by atoms with E-state index < -0.39 is 11.6 Å². The van der Waals surface area contributed by atoms with Crippen molar-refractivity contribution in [3.63, 3.8) is 0 Å². The van der Waals surface area contributed by atoms with Crippen LogP contribution >= 0.6 is 0 Å². The first-order valence-electron chi connectivity index (χ1n) is 8.46. The van der Waals surface area contributed by atoms with E-state index in [1.807, 2.05) is 26.0 Å². The molecule has 1 aromatic heterocycles. The van der Waals surface area contributed by atoms with Crippen LogP contribution in [-0.4, -0.2) is 44.6 Å². The lowest BCUT2D eigenvalue weighted by Gasteiger charge is -2.31. The Bertz CT molecular complexity index is 842. The second-order valence-electron chi connectivity index (χ2n) is 6.75. The maximum atomic E-state index is 11.4. The molecule has 8 heteroatoms.